The Kier molecular flexibility index (Phi) is 4.48. The molecule has 2 amide bonds. The van der Waals surface area contributed by atoms with E-state index in [1.807, 2.05) is 0 Å². The quantitative estimate of drug-likeness (QED) is 0.721. The molecule has 0 radical (unpaired) electrons. The molecule has 0 saturated heterocycles. The fourth-order valence-electron chi connectivity index (χ4n) is 2.12. The summed E-state index contributed by atoms with van der Waals surface area (Å²) in [6.45, 7) is 0. The van der Waals surface area contributed by atoms with Crippen LogP contribution < -0.4 is 10.6 Å². The number of hydrogen-bond donors (Lipinski definition) is 2. The van der Waals surface area contributed by atoms with E-state index in [4.69, 9.17) is 0 Å². The zero-order chi connectivity index (χ0) is 17.1. The highest BCUT2D eigenvalue weighted by molar-refractivity contribution is 9.10. The largest absolute Gasteiger partial charge is 0.355 e. The molecule has 8 heteroatoms. The molecule has 0 bridgehead atoms. The molecule has 0 aliphatic heterocycles. The average molecular weight is 386 g/mol. The predicted molar refractivity (Wildman–Crippen MR) is 92.8 cm³/mol. The van der Waals surface area contributed by atoms with Crippen LogP contribution in [0.2, 0.25) is 0 Å². The first-order valence-corrected chi connectivity index (χ1v) is 7.78. The van der Waals surface area contributed by atoms with Gasteiger partial charge >= 0.3 is 0 Å². The van der Waals surface area contributed by atoms with Crippen LogP contribution in [0.15, 0.2) is 47.2 Å². The molecule has 120 valence electrons. The highest BCUT2D eigenvalue weighted by atomic mass is 79.9. The maximum Gasteiger partial charge on any atom is 0.274 e. The minimum Gasteiger partial charge on any atom is -0.355 e. The van der Waals surface area contributed by atoms with E-state index < -0.39 is 5.91 Å². The molecule has 3 aromatic rings. The van der Waals surface area contributed by atoms with E-state index in [-0.39, 0.29) is 11.6 Å². The Morgan fingerprint density at radius 3 is 2.62 bits per heavy atom. The van der Waals surface area contributed by atoms with E-state index in [1.54, 1.807) is 36.5 Å². The van der Waals surface area contributed by atoms with E-state index in [1.165, 1.54) is 13.2 Å². The van der Waals surface area contributed by atoms with Crippen LogP contribution in [0.4, 0.5) is 5.69 Å². The summed E-state index contributed by atoms with van der Waals surface area (Å²) in [6.07, 6.45) is 3.07. The van der Waals surface area contributed by atoms with Crippen molar-refractivity contribution in [3.63, 3.8) is 0 Å². The number of nitrogens with one attached hydrogen (secondary N) is 2. The summed E-state index contributed by atoms with van der Waals surface area (Å²) in [6, 6.07) is 8.25. The monoisotopic (exact) mass is 385 g/mol. The van der Waals surface area contributed by atoms with Gasteiger partial charge in [-0.25, -0.2) is 9.97 Å². The minimum atomic E-state index is -0.435. The number of benzene rings is 1. The van der Waals surface area contributed by atoms with Crippen LogP contribution in [0.1, 0.15) is 20.8 Å². The van der Waals surface area contributed by atoms with Crippen LogP contribution in [-0.4, -0.2) is 33.8 Å². The third-order valence-electron chi connectivity index (χ3n) is 3.27. The minimum absolute atomic E-state index is 0.189. The van der Waals surface area contributed by atoms with E-state index in [0.29, 0.717) is 22.4 Å². The Morgan fingerprint density at radius 2 is 1.83 bits per heavy atom. The van der Waals surface area contributed by atoms with Gasteiger partial charge in [-0.1, -0.05) is 15.9 Å². The number of carbonyl (C=O) groups is 2. The molecular formula is C16H12BrN5O2. The van der Waals surface area contributed by atoms with E-state index in [9.17, 15) is 9.59 Å². The van der Waals surface area contributed by atoms with Crippen LogP contribution in [0.25, 0.3) is 11.2 Å². The summed E-state index contributed by atoms with van der Waals surface area (Å²) in [5, 5.41) is 5.24. The molecule has 2 aromatic heterocycles. The molecule has 0 fully saturated rings. The molecule has 0 saturated carbocycles. The Hall–Kier alpha value is -2.87. The van der Waals surface area contributed by atoms with Crippen LogP contribution >= 0.6 is 15.9 Å². The second-order valence-corrected chi connectivity index (χ2v) is 5.73. The maximum atomic E-state index is 12.4. The van der Waals surface area contributed by atoms with Gasteiger partial charge in [0.25, 0.3) is 11.8 Å². The van der Waals surface area contributed by atoms with Gasteiger partial charge in [-0.3, -0.25) is 14.6 Å². The van der Waals surface area contributed by atoms with Gasteiger partial charge in [0, 0.05) is 23.9 Å². The molecule has 24 heavy (non-hydrogen) atoms. The molecule has 0 spiro atoms. The Bertz CT molecular complexity index is 945. The fraction of sp³-hybridized carbons (Fsp3) is 0.0625. The molecule has 3 rings (SSSR count). The van der Waals surface area contributed by atoms with Crippen molar-refractivity contribution in [3.05, 3.63) is 58.5 Å². The highest BCUT2D eigenvalue weighted by Gasteiger charge is 2.15. The second kappa shape index (κ2) is 6.71. The summed E-state index contributed by atoms with van der Waals surface area (Å²) < 4.78 is 0.734. The van der Waals surface area contributed by atoms with Crippen molar-refractivity contribution in [3.8, 4) is 0 Å². The van der Waals surface area contributed by atoms with Gasteiger partial charge < -0.3 is 10.6 Å². The van der Waals surface area contributed by atoms with E-state index in [0.717, 1.165) is 4.47 Å². The lowest BCUT2D eigenvalue weighted by Crippen LogP contribution is -2.22. The lowest BCUT2D eigenvalue weighted by molar-refractivity contribution is 0.0964. The number of rotatable bonds is 3. The van der Waals surface area contributed by atoms with Crippen LogP contribution in [0.5, 0.6) is 0 Å². The number of pyridine rings is 1. The number of carbonyl (C=O) groups excluding carboxylic acids is 2. The van der Waals surface area contributed by atoms with Crippen molar-refractivity contribution in [2.45, 2.75) is 0 Å². The van der Waals surface area contributed by atoms with Crippen molar-refractivity contribution >= 4 is 44.6 Å². The third kappa shape index (κ3) is 3.23. The zero-order valence-electron chi connectivity index (χ0n) is 12.6. The Labute approximate surface area is 145 Å². The second-order valence-electron chi connectivity index (χ2n) is 4.82. The van der Waals surface area contributed by atoms with Gasteiger partial charge in [0.05, 0.1) is 11.3 Å². The summed E-state index contributed by atoms with van der Waals surface area (Å²) in [5.41, 5.74) is 1.91. The molecule has 2 N–H and O–H groups in total. The van der Waals surface area contributed by atoms with Crippen molar-refractivity contribution in [1.29, 1.82) is 0 Å². The normalized spacial score (nSPS) is 10.4. The number of fused-ring (bicyclic) bond motifs is 1. The van der Waals surface area contributed by atoms with Crippen molar-refractivity contribution in [1.82, 2.24) is 20.3 Å². The molecule has 1 aromatic carbocycles. The lowest BCUT2D eigenvalue weighted by atomic mass is 10.1. The number of amides is 2. The summed E-state index contributed by atoms with van der Waals surface area (Å²) >= 11 is 3.31. The first-order valence-electron chi connectivity index (χ1n) is 6.99. The molecular weight excluding hydrogens is 374 g/mol. The van der Waals surface area contributed by atoms with Gasteiger partial charge in [0.15, 0.2) is 5.65 Å². The standard InChI is InChI=1S/C16H12BrN5O2/c1-18-15(23)10-8-9(17)2-3-11(10)22-16(24)13-5-4-12-14(21-13)20-7-6-19-12/h2-8H,1H3,(H,18,23)(H,22,24). The molecule has 0 unspecified atom stereocenters. The summed E-state index contributed by atoms with van der Waals surface area (Å²) in [5.74, 6) is -0.737. The van der Waals surface area contributed by atoms with Crippen LogP contribution in [-0.2, 0) is 0 Å². The summed E-state index contributed by atoms with van der Waals surface area (Å²) in [4.78, 5) is 36.8. The molecule has 0 aliphatic carbocycles. The first-order chi connectivity index (χ1) is 11.6. The number of nitrogens with zero attached hydrogens (tertiary/aromatic N) is 3. The van der Waals surface area contributed by atoms with E-state index >= 15 is 0 Å². The fourth-order valence-corrected chi connectivity index (χ4v) is 2.48. The third-order valence-corrected chi connectivity index (χ3v) is 3.76. The average Bonchev–Trinajstić information content (AvgIpc) is 2.62. The van der Waals surface area contributed by atoms with Gasteiger partial charge in [-0.2, -0.15) is 0 Å². The highest BCUT2D eigenvalue weighted by Crippen LogP contribution is 2.22. The Balaban J connectivity index is 1.92. The van der Waals surface area contributed by atoms with Gasteiger partial charge in [-0.05, 0) is 30.3 Å². The van der Waals surface area contributed by atoms with Crippen molar-refractivity contribution in [2.24, 2.45) is 0 Å². The van der Waals surface area contributed by atoms with Gasteiger partial charge in [0.2, 0.25) is 0 Å². The van der Waals surface area contributed by atoms with Crippen LogP contribution in [0.3, 0.4) is 0 Å². The SMILES string of the molecule is CNC(=O)c1cc(Br)ccc1NC(=O)c1ccc2nccnc2n1. The lowest BCUT2D eigenvalue weighted by Gasteiger charge is -2.10. The van der Waals surface area contributed by atoms with E-state index in [2.05, 4.69) is 41.5 Å². The maximum absolute atomic E-state index is 12.4. The van der Waals surface area contributed by atoms with Crippen LogP contribution in [0, 0.1) is 0 Å². The number of hydrogen-bond acceptors (Lipinski definition) is 5. The smallest absolute Gasteiger partial charge is 0.274 e. The van der Waals surface area contributed by atoms with Gasteiger partial charge in [0.1, 0.15) is 11.2 Å². The van der Waals surface area contributed by atoms with Crippen molar-refractivity contribution < 1.29 is 9.59 Å². The molecule has 7 nitrogen and oxygen atoms in total. The summed E-state index contributed by atoms with van der Waals surface area (Å²) in [7, 11) is 1.53. The first kappa shape index (κ1) is 16.0. The number of anilines is 1. The molecule has 0 aliphatic rings. The topological polar surface area (TPSA) is 96.9 Å². The predicted octanol–water partition coefficient (Wildman–Crippen LogP) is 2.40. The molecule has 0 atom stereocenters. The van der Waals surface area contributed by atoms with Crippen molar-refractivity contribution in [2.75, 3.05) is 12.4 Å². The van der Waals surface area contributed by atoms with Gasteiger partial charge in [-0.15, -0.1) is 0 Å². The Morgan fingerprint density at radius 1 is 1.04 bits per heavy atom. The zero-order valence-corrected chi connectivity index (χ0v) is 14.2. The molecule has 2 heterocycles. The number of aromatic nitrogens is 3. The number of halogens is 1.